The van der Waals surface area contributed by atoms with Gasteiger partial charge in [-0.15, -0.1) is 0 Å². The minimum absolute atomic E-state index is 0.0555. The number of imidazole rings is 1. The van der Waals surface area contributed by atoms with Crippen LogP contribution in [-0.2, 0) is 34.0 Å². The fourth-order valence-corrected chi connectivity index (χ4v) is 7.73. The molecule has 7 heterocycles. The largest absolute Gasteiger partial charge is 0.378 e. The van der Waals surface area contributed by atoms with Crippen molar-refractivity contribution in [1.29, 1.82) is 0 Å². The van der Waals surface area contributed by atoms with Crippen molar-refractivity contribution >= 4 is 39.6 Å². The number of fused-ring (bicyclic) bond motifs is 7. The number of nitrogens with zero attached hydrogens (tertiary/aromatic N) is 9. The molecule has 2 aromatic carbocycles. The molecule has 13 nitrogen and oxygen atoms in total. The molecule has 4 aromatic heterocycles. The lowest BCUT2D eigenvalue weighted by molar-refractivity contribution is -0.132. The van der Waals surface area contributed by atoms with E-state index < -0.39 is 6.04 Å². The van der Waals surface area contributed by atoms with Gasteiger partial charge in [0, 0.05) is 50.5 Å². The van der Waals surface area contributed by atoms with Gasteiger partial charge < -0.3 is 29.2 Å². The SMILES string of the molecule is CO[C@H]1CN(C)C(=O)[C@@H]2C[C@@H](CN2c2ncnc3c2cnn3-c2cccc3c2COC3)Nc2cccc(n2)-c2cc(F)cc3nc(C)n(c23)C1. The predicted octanol–water partition coefficient (Wildman–Crippen LogP) is 4.25. The molecule has 1 fully saturated rings. The number of likely N-dealkylation sites (N-methyl/N-ethyl adjacent to an activating group) is 1. The topological polar surface area (TPSA) is 128 Å². The van der Waals surface area contributed by atoms with Crippen molar-refractivity contribution in [3.05, 3.63) is 83.8 Å². The van der Waals surface area contributed by atoms with E-state index >= 15 is 0 Å². The van der Waals surface area contributed by atoms with Crippen LogP contribution < -0.4 is 10.2 Å². The quantitative estimate of drug-likeness (QED) is 0.291. The number of carbonyl (C=O) groups is 1. The lowest BCUT2D eigenvalue weighted by Crippen LogP contribution is -2.47. The third-order valence-corrected chi connectivity index (χ3v) is 10.1. The molecule has 50 heavy (non-hydrogen) atoms. The van der Waals surface area contributed by atoms with Crippen LogP contribution in [0.5, 0.6) is 0 Å². The van der Waals surface area contributed by atoms with E-state index in [-0.39, 0.29) is 23.9 Å². The Kier molecular flexibility index (Phi) is 7.24. The summed E-state index contributed by atoms with van der Waals surface area (Å²) >= 11 is 0. The zero-order chi connectivity index (χ0) is 34.1. The summed E-state index contributed by atoms with van der Waals surface area (Å²) < 4.78 is 30.5. The molecule has 3 aliphatic rings. The monoisotopic (exact) mass is 674 g/mol. The van der Waals surface area contributed by atoms with E-state index in [0.717, 1.165) is 27.7 Å². The van der Waals surface area contributed by atoms with Gasteiger partial charge in [0.15, 0.2) is 5.65 Å². The molecule has 0 aliphatic carbocycles. The Balaban J connectivity index is 1.14. The van der Waals surface area contributed by atoms with Crippen molar-refractivity contribution in [1.82, 2.24) is 39.2 Å². The molecule has 0 radical (unpaired) electrons. The Bertz CT molecular complexity index is 2300. The average molecular weight is 675 g/mol. The van der Waals surface area contributed by atoms with E-state index in [4.69, 9.17) is 24.5 Å². The number of anilines is 2. The molecule has 254 valence electrons. The fraction of sp³-hybridized carbons (Fsp3) is 0.333. The number of ether oxygens (including phenoxy) is 2. The van der Waals surface area contributed by atoms with Crippen LogP contribution in [0.15, 0.2) is 61.1 Å². The number of benzene rings is 2. The number of methoxy groups -OCH3 is 1. The molecule has 14 heteroatoms. The maximum absolute atomic E-state index is 15.0. The molecule has 4 bridgehead atoms. The number of halogens is 1. The molecule has 9 rings (SSSR count). The molecular weight excluding hydrogens is 639 g/mol. The Morgan fingerprint density at radius 1 is 1.04 bits per heavy atom. The summed E-state index contributed by atoms with van der Waals surface area (Å²) in [7, 11) is 3.45. The Labute approximate surface area is 286 Å². The summed E-state index contributed by atoms with van der Waals surface area (Å²) in [4.78, 5) is 37.2. The number of hydrogen-bond donors (Lipinski definition) is 1. The van der Waals surface area contributed by atoms with Gasteiger partial charge >= 0.3 is 0 Å². The van der Waals surface area contributed by atoms with Crippen LogP contribution in [0.25, 0.3) is 39.0 Å². The van der Waals surface area contributed by atoms with E-state index in [0.29, 0.717) is 79.2 Å². The summed E-state index contributed by atoms with van der Waals surface area (Å²) in [5.41, 5.74) is 6.36. The van der Waals surface area contributed by atoms with Crippen LogP contribution >= 0.6 is 0 Å². The van der Waals surface area contributed by atoms with Crippen LogP contribution in [0.1, 0.15) is 23.4 Å². The summed E-state index contributed by atoms with van der Waals surface area (Å²) in [6.45, 7) is 4.19. The summed E-state index contributed by atoms with van der Waals surface area (Å²) in [6, 6.07) is 14.0. The number of aryl methyl sites for hydroxylation is 1. The number of amides is 1. The summed E-state index contributed by atoms with van der Waals surface area (Å²) in [6.07, 6.45) is 3.44. The molecule has 6 aromatic rings. The van der Waals surface area contributed by atoms with Gasteiger partial charge in [-0.25, -0.2) is 29.0 Å². The highest BCUT2D eigenvalue weighted by Crippen LogP contribution is 2.35. The van der Waals surface area contributed by atoms with Crippen LogP contribution in [-0.4, -0.2) is 90.5 Å². The second kappa shape index (κ2) is 11.8. The average Bonchev–Trinajstić information content (AvgIpc) is 3.92. The lowest BCUT2D eigenvalue weighted by atomic mass is 10.1. The smallest absolute Gasteiger partial charge is 0.245 e. The van der Waals surface area contributed by atoms with Crippen LogP contribution in [0.2, 0.25) is 0 Å². The fourth-order valence-electron chi connectivity index (χ4n) is 7.73. The van der Waals surface area contributed by atoms with Gasteiger partial charge in [0.1, 0.15) is 35.6 Å². The van der Waals surface area contributed by atoms with E-state index in [1.807, 2.05) is 46.5 Å². The van der Waals surface area contributed by atoms with Crippen molar-refractivity contribution in [3.63, 3.8) is 0 Å². The van der Waals surface area contributed by atoms with E-state index in [9.17, 15) is 9.18 Å². The highest BCUT2D eigenvalue weighted by molar-refractivity contribution is 5.94. The van der Waals surface area contributed by atoms with Gasteiger partial charge in [-0.2, -0.15) is 5.10 Å². The van der Waals surface area contributed by atoms with Gasteiger partial charge in [-0.1, -0.05) is 18.2 Å². The van der Waals surface area contributed by atoms with Crippen molar-refractivity contribution in [2.45, 2.75) is 51.3 Å². The highest BCUT2D eigenvalue weighted by Gasteiger charge is 2.41. The van der Waals surface area contributed by atoms with E-state index in [2.05, 4.69) is 26.3 Å². The zero-order valence-electron chi connectivity index (χ0n) is 27.9. The Morgan fingerprint density at radius 3 is 2.80 bits per heavy atom. The molecule has 0 spiro atoms. The molecule has 0 unspecified atom stereocenters. The molecule has 3 aliphatic heterocycles. The molecular formula is C36H35FN10O3. The Hall–Kier alpha value is -5.47. The number of hydrogen-bond acceptors (Lipinski definition) is 10. The maximum Gasteiger partial charge on any atom is 0.245 e. The van der Waals surface area contributed by atoms with E-state index in [1.165, 1.54) is 18.5 Å². The van der Waals surface area contributed by atoms with E-state index in [1.54, 1.807) is 25.3 Å². The second-order valence-corrected chi connectivity index (χ2v) is 13.2. The van der Waals surface area contributed by atoms with Gasteiger partial charge in [0.25, 0.3) is 0 Å². The first-order valence-corrected chi connectivity index (χ1v) is 16.7. The normalized spacial score (nSPS) is 20.6. The van der Waals surface area contributed by atoms with Crippen molar-refractivity contribution in [2.75, 3.05) is 37.5 Å². The van der Waals surface area contributed by atoms with Crippen molar-refractivity contribution in [3.8, 4) is 16.9 Å². The van der Waals surface area contributed by atoms with Crippen molar-refractivity contribution in [2.24, 2.45) is 0 Å². The molecule has 1 amide bonds. The minimum atomic E-state index is -0.535. The summed E-state index contributed by atoms with van der Waals surface area (Å²) in [5.74, 6) is 1.53. The predicted molar refractivity (Wildman–Crippen MR) is 184 cm³/mol. The Morgan fingerprint density at radius 2 is 1.92 bits per heavy atom. The molecule has 1 N–H and O–H groups in total. The maximum atomic E-state index is 15.0. The molecule has 1 saturated heterocycles. The standard InChI is InChI=1S/C36H35FN10O3/c1-20-41-29-11-22(37)10-25-28-7-5-9-32(43-28)42-23-12-31(36(48)44(2)15-24(49-3)16-45(20)33(25)29)46(14-23)34-26-13-40-47(35(26)39-19-38-34)30-8-4-6-21-17-50-18-27(21)30/h4-11,13,19,23-24,31H,12,14-18H2,1-3H3,(H,42,43)/t23-,24-,31-/m0/s1. The van der Waals surface area contributed by atoms with Crippen molar-refractivity contribution < 1.29 is 18.7 Å². The number of aromatic nitrogens is 7. The highest BCUT2D eigenvalue weighted by atomic mass is 19.1. The third-order valence-electron chi connectivity index (χ3n) is 10.1. The number of pyridine rings is 1. The minimum Gasteiger partial charge on any atom is -0.378 e. The number of nitrogens with one attached hydrogen (secondary N) is 1. The number of rotatable bonds is 3. The molecule has 0 saturated carbocycles. The van der Waals surface area contributed by atoms with Gasteiger partial charge in [-0.05, 0) is 43.2 Å². The first-order valence-electron chi connectivity index (χ1n) is 16.7. The van der Waals surface area contributed by atoms with Gasteiger partial charge in [0.05, 0.1) is 59.9 Å². The molecule has 3 atom stereocenters. The van der Waals surface area contributed by atoms with Gasteiger partial charge in [0.2, 0.25) is 5.91 Å². The third kappa shape index (κ3) is 4.97. The second-order valence-electron chi connectivity index (χ2n) is 13.2. The number of carbonyl (C=O) groups excluding carboxylic acids is 1. The lowest BCUT2D eigenvalue weighted by Gasteiger charge is -2.30. The summed E-state index contributed by atoms with van der Waals surface area (Å²) in [5, 5.41) is 9.08. The van der Waals surface area contributed by atoms with Crippen LogP contribution in [0.4, 0.5) is 16.0 Å². The van der Waals surface area contributed by atoms with Crippen LogP contribution in [0, 0.1) is 12.7 Å². The first kappa shape index (κ1) is 30.6. The van der Waals surface area contributed by atoms with Crippen LogP contribution in [0.3, 0.4) is 0 Å². The zero-order valence-corrected chi connectivity index (χ0v) is 27.9. The first-order chi connectivity index (χ1) is 24.4. The van der Waals surface area contributed by atoms with Gasteiger partial charge in [-0.3, -0.25) is 4.79 Å².